The third-order valence-electron chi connectivity index (χ3n) is 3.70. The molecule has 1 aromatic carbocycles. The molecule has 6 heteroatoms. The molecule has 0 saturated heterocycles. The Hall–Kier alpha value is -2.08. The maximum Gasteiger partial charge on any atom is 0.178 e. The van der Waals surface area contributed by atoms with Crippen molar-refractivity contribution in [2.75, 3.05) is 11.1 Å². The second-order valence-corrected chi connectivity index (χ2v) is 6.24. The summed E-state index contributed by atoms with van der Waals surface area (Å²) < 4.78 is 1.77. The number of anilines is 1. The topological polar surface area (TPSA) is 55.1 Å². The van der Waals surface area contributed by atoms with Gasteiger partial charge >= 0.3 is 0 Å². The van der Waals surface area contributed by atoms with Gasteiger partial charge in [-0.3, -0.25) is 0 Å². The minimum Gasteiger partial charge on any atom is -0.362 e. The summed E-state index contributed by atoms with van der Waals surface area (Å²) in [6, 6.07) is 12.8. The van der Waals surface area contributed by atoms with Crippen LogP contribution in [0.25, 0.3) is 5.65 Å². The standard InChI is InChI=1S/C15H15N5S/c1-10-17-18-15-7-6-14(19-20(10)15)16-12-8-9-21-13-5-3-2-4-11(12)13/h2-7,12H,8-9H2,1H3,(H,16,19)/t12-/m0/s1. The molecule has 0 spiro atoms. The molecule has 1 N–H and O–H groups in total. The Bertz CT molecular complexity index is 798. The fourth-order valence-electron chi connectivity index (χ4n) is 2.64. The van der Waals surface area contributed by atoms with Crippen LogP contribution in [0.3, 0.4) is 0 Å². The van der Waals surface area contributed by atoms with Gasteiger partial charge in [-0.15, -0.1) is 27.1 Å². The van der Waals surface area contributed by atoms with Crippen LogP contribution >= 0.6 is 11.8 Å². The molecule has 0 saturated carbocycles. The summed E-state index contributed by atoms with van der Waals surface area (Å²) in [7, 11) is 0. The average Bonchev–Trinajstić information content (AvgIpc) is 2.89. The first kappa shape index (κ1) is 12.6. The van der Waals surface area contributed by atoms with E-state index in [1.807, 2.05) is 30.8 Å². The highest BCUT2D eigenvalue weighted by atomic mass is 32.2. The number of thioether (sulfide) groups is 1. The van der Waals surface area contributed by atoms with E-state index in [1.54, 1.807) is 4.52 Å². The van der Waals surface area contributed by atoms with Crippen LogP contribution in [0.4, 0.5) is 5.82 Å². The first-order chi connectivity index (χ1) is 10.3. The molecular weight excluding hydrogens is 282 g/mol. The Morgan fingerprint density at radius 1 is 1.19 bits per heavy atom. The van der Waals surface area contributed by atoms with E-state index in [1.165, 1.54) is 10.5 Å². The zero-order chi connectivity index (χ0) is 14.2. The zero-order valence-corrected chi connectivity index (χ0v) is 12.5. The Kier molecular flexibility index (Phi) is 3.03. The number of benzene rings is 1. The number of aryl methyl sites for hydroxylation is 1. The first-order valence-electron chi connectivity index (χ1n) is 6.98. The molecule has 0 fully saturated rings. The zero-order valence-electron chi connectivity index (χ0n) is 11.7. The van der Waals surface area contributed by atoms with E-state index in [0.717, 1.165) is 29.5 Å². The number of nitrogens with zero attached hydrogens (tertiary/aromatic N) is 4. The van der Waals surface area contributed by atoms with Crippen molar-refractivity contribution in [3.8, 4) is 0 Å². The van der Waals surface area contributed by atoms with Crippen molar-refractivity contribution in [2.24, 2.45) is 0 Å². The summed E-state index contributed by atoms with van der Waals surface area (Å²) in [4.78, 5) is 1.36. The predicted octanol–water partition coefficient (Wildman–Crippen LogP) is 3.08. The lowest BCUT2D eigenvalue weighted by Crippen LogP contribution is -2.17. The molecule has 106 valence electrons. The van der Waals surface area contributed by atoms with Gasteiger partial charge in [-0.05, 0) is 37.1 Å². The van der Waals surface area contributed by atoms with Crippen LogP contribution < -0.4 is 5.32 Å². The number of rotatable bonds is 2. The Morgan fingerprint density at radius 2 is 2.10 bits per heavy atom. The van der Waals surface area contributed by atoms with Gasteiger partial charge in [0.1, 0.15) is 5.82 Å². The Balaban J connectivity index is 1.67. The van der Waals surface area contributed by atoms with Gasteiger partial charge in [-0.2, -0.15) is 4.52 Å². The van der Waals surface area contributed by atoms with Gasteiger partial charge in [0.25, 0.3) is 0 Å². The van der Waals surface area contributed by atoms with E-state index in [0.29, 0.717) is 6.04 Å². The van der Waals surface area contributed by atoms with Crippen LogP contribution in [0.2, 0.25) is 0 Å². The maximum atomic E-state index is 4.58. The summed E-state index contributed by atoms with van der Waals surface area (Å²) in [5.74, 6) is 2.79. The largest absolute Gasteiger partial charge is 0.362 e. The van der Waals surface area contributed by atoms with E-state index >= 15 is 0 Å². The molecule has 0 bridgehead atoms. The summed E-state index contributed by atoms with van der Waals surface area (Å²) in [6.07, 6.45) is 1.10. The Morgan fingerprint density at radius 3 is 3.05 bits per heavy atom. The lowest BCUT2D eigenvalue weighted by Gasteiger charge is -2.26. The quantitative estimate of drug-likeness (QED) is 0.788. The lowest BCUT2D eigenvalue weighted by atomic mass is 10.0. The van der Waals surface area contributed by atoms with Gasteiger partial charge in [0.2, 0.25) is 0 Å². The van der Waals surface area contributed by atoms with Crippen molar-refractivity contribution in [1.82, 2.24) is 19.8 Å². The van der Waals surface area contributed by atoms with E-state index < -0.39 is 0 Å². The monoisotopic (exact) mass is 297 g/mol. The fourth-order valence-corrected chi connectivity index (χ4v) is 3.77. The molecule has 1 atom stereocenters. The first-order valence-corrected chi connectivity index (χ1v) is 7.97. The molecule has 21 heavy (non-hydrogen) atoms. The van der Waals surface area contributed by atoms with Crippen molar-refractivity contribution < 1.29 is 0 Å². The highest BCUT2D eigenvalue weighted by Crippen LogP contribution is 2.37. The second-order valence-electron chi connectivity index (χ2n) is 5.11. The molecule has 3 aromatic rings. The number of nitrogens with one attached hydrogen (secondary N) is 1. The van der Waals surface area contributed by atoms with Gasteiger partial charge in [-0.25, -0.2) is 0 Å². The number of aromatic nitrogens is 4. The SMILES string of the molecule is Cc1nnc2ccc(N[C@H]3CCSc4ccccc43)nn12. The van der Waals surface area contributed by atoms with E-state index in [-0.39, 0.29) is 0 Å². The summed E-state index contributed by atoms with van der Waals surface area (Å²) in [6.45, 7) is 1.91. The van der Waals surface area contributed by atoms with E-state index in [9.17, 15) is 0 Å². The van der Waals surface area contributed by atoms with Crippen molar-refractivity contribution in [1.29, 1.82) is 0 Å². The molecule has 0 amide bonds. The Labute approximate surface area is 126 Å². The molecule has 0 unspecified atom stereocenters. The normalized spacial score (nSPS) is 17.7. The van der Waals surface area contributed by atoms with E-state index in [2.05, 4.69) is 44.9 Å². The van der Waals surface area contributed by atoms with Crippen molar-refractivity contribution in [3.63, 3.8) is 0 Å². The highest BCUT2D eigenvalue weighted by Gasteiger charge is 2.20. The molecule has 0 aliphatic carbocycles. The second kappa shape index (κ2) is 5.04. The molecule has 4 rings (SSSR count). The summed E-state index contributed by atoms with van der Waals surface area (Å²) in [5.41, 5.74) is 2.13. The van der Waals surface area contributed by atoms with Crippen molar-refractivity contribution in [2.45, 2.75) is 24.3 Å². The minimum atomic E-state index is 0.309. The highest BCUT2D eigenvalue weighted by molar-refractivity contribution is 7.99. The van der Waals surface area contributed by atoms with Gasteiger partial charge in [-0.1, -0.05) is 18.2 Å². The van der Waals surface area contributed by atoms with E-state index in [4.69, 9.17) is 0 Å². The maximum absolute atomic E-state index is 4.58. The van der Waals surface area contributed by atoms with Crippen LogP contribution in [-0.2, 0) is 0 Å². The summed E-state index contributed by atoms with van der Waals surface area (Å²) in [5, 5.41) is 16.2. The minimum absolute atomic E-state index is 0.309. The third kappa shape index (κ3) is 2.25. The molecule has 5 nitrogen and oxygen atoms in total. The van der Waals surface area contributed by atoms with Gasteiger partial charge < -0.3 is 5.32 Å². The smallest absolute Gasteiger partial charge is 0.178 e. The number of hydrogen-bond acceptors (Lipinski definition) is 5. The van der Waals surface area contributed by atoms with Crippen molar-refractivity contribution >= 4 is 23.2 Å². The lowest BCUT2D eigenvalue weighted by molar-refractivity contribution is 0.717. The number of hydrogen-bond donors (Lipinski definition) is 1. The molecule has 2 aromatic heterocycles. The third-order valence-corrected chi connectivity index (χ3v) is 4.82. The summed E-state index contributed by atoms with van der Waals surface area (Å²) >= 11 is 1.92. The predicted molar refractivity (Wildman–Crippen MR) is 83.7 cm³/mol. The van der Waals surface area contributed by atoms with Gasteiger partial charge in [0, 0.05) is 10.6 Å². The fraction of sp³-hybridized carbons (Fsp3) is 0.267. The number of fused-ring (bicyclic) bond motifs is 2. The average molecular weight is 297 g/mol. The van der Waals surface area contributed by atoms with Gasteiger partial charge in [0.05, 0.1) is 6.04 Å². The van der Waals surface area contributed by atoms with Crippen LogP contribution in [0.1, 0.15) is 23.9 Å². The molecule has 3 heterocycles. The van der Waals surface area contributed by atoms with Gasteiger partial charge in [0.15, 0.2) is 11.5 Å². The van der Waals surface area contributed by atoms with Crippen LogP contribution in [0.5, 0.6) is 0 Å². The van der Waals surface area contributed by atoms with Crippen LogP contribution in [0.15, 0.2) is 41.3 Å². The van der Waals surface area contributed by atoms with Crippen LogP contribution in [-0.4, -0.2) is 25.6 Å². The molecule has 1 aliphatic heterocycles. The molecule has 1 aliphatic rings. The molecular formula is C15H15N5S. The molecule has 0 radical (unpaired) electrons. The van der Waals surface area contributed by atoms with Crippen LogP contribution in [0, 0.1) is 6.92 Å². The van der Waals surface area contributed by atoms with Crippen molar-refractivity contribution in [3.05, 3.63) is 47.8 Å².